The van der Waals surface area contributed by atoms with E-state index < -0.39 is 0 Å². The maximum atomic E-state index is 3.72. The zero-order valence-corrected chi connectivity index (χ0v) is 9.55. The molecule has 0 aromatic rings. The highest BCUT2D eigenvalue weighted by molar-refractivity contribution is 4.93. The van der Waals surface area contributed by atoms with E-state index in [0.717, 1.165) is 23.8 Å². The Bertz CT molecular complexity index is 181. The summed E-state index contributed by atoms with van der Waals surface area (Å²) < 4.78 is 0. The van der Waals surface area contributed by atoms with E-state index in [0.29, 0.717) is 0 Å². The lowest BCUT2D eigenvalue weighted by Gasteiger charge is -2.14. The largest absolute Gasteiger partial charge is 0.316 e. The minimum Gasteiger partial charge on any atom is -0.316 e. The molecule has 1 saturated carbocycles. The van der Waals surface area contributed by atoms with Crippen LogP contribution in [0.4, 0.5) is 0 Å². The quantitative estimate of drug-likeness (QED) is 0.698. The van der Waals surface area contributed by atoms with Crippen LogP contribution < -0.4 is 10.6 Å². The van der Waals surface area contributed by atoms with E-state index in [1.807, 2.05) is 0 Å². The molecule has 0 aromatic heterocycles. The normalized spacial score (nSPS) is 41.6. The minimum atomic E-state index is 0.864. The first-order valence-electron chi connectivity index (χ1n) is 6.25. The number of hydrogen-bond donors (Lipinski definition) is 2. The second kappa shape index (κ2) is 4.63. The van der Waals surface area contributed by atoms with Gasteiger partial charge in [0.1, 0.15) is 0 Å². The van der Waals surface area contributed by atoms with Gasteiger partial charge < -0.3 is 10.6 Å². The van der Waals surface area contributed by atoms with Crippen molar-refractivity contribution in [2.75, 3.05) is 19.6 Å². The highest BCUT2D eigenvalue weighted by Crippen LogP contribution is 2.34. The zero-order chi connectivity index (χ0) is 9.97. The van der Waals surface area contributed by atoms with E-state index in [1.165, 1.54) is 38.9 Å². The number of nitrogens with one attached hydrogen (secondary N) is 2. The van der Waals surface area contributed by atoms with E-state index in [1.54, 1.807) is 0 Å². The van der Waals surface area contributed by atoms with Gasteiger partial charge in [0.2, 0.25) is 0 Å². The molecule has 4 atom stereocenters. The van der Waals surface area contributed by atoms with Crippen molar-refractivity contribution in [2.45, 2.75) is 39.2 Å². The molecule has 2 unspecified atom stereocenters. The second-order valence-electron chi connectivity index (χ2n) is 5.19. The Hall–Kier alpha value is -0.0800. The average Bonchev–Trinajstić information content (AvgIpc) is 2.78. The first-order chi connectivity index (χ1) is 6.81. The fourth-order valence-corrected chi connectivity index (χ4v) is 2.63. The van der Waals surface area contributed by atoms with Crippen LogP contribution in [0.25, 0.3) is 0 Å². The molecular weight excluding hydrogens is 172 g/mol. The summed E-state index contributed by atoms with van der Waals surface area (Å²) in [6, 6.07) is 0.864. The van der Waals surface area contributed by atoms with Gasteiger partial charge in [-0.2, -0.15) is 0 Å². The Morgan fingerprint density at radius 3 is 2.79 bits per heavy atom. The van der Waals surface area contributed by atoms with Crippen LogP contribution in [0, 0.1) is 17.8 Å². The first-order valence-corrected chi connectivity index (χ1v) is 6.25. The molecule has 0 bridgehead atoms. The summed E-state index contributed by atoms with van der Waals surface area (Å²) in [5.41, 5.74) is 0. The van der Waals surface area contributed by atoms with Gasteiger partial charge in [0.05, 0.1) is 0 Å². The van der Waals surface area contributed by atoms with Crippen molar-refractivity contribution in [1.29, 1.82) is 0 Å². The molecule has 2 rings (SSSR count). The SMILES string of the molecule is CCCC1CC1NC[C@@H]1CNC[C@H]1C. The zero-order valence-electron chi connectivity index (χ0n) is 9.55. The van der Waals surface area contributed by atoms with Gasteiger partial charge in [-0.1, -0.05) is 20.3 Å². The second-order valence-corrected chi connectivity index (χ2v) is 5.19. The fourth-order valence-electron chi connectivity index (χ4n) is 2.63. The van der Waals surface area contributed by atoms with Crippen LogP contribution in [-0.4, -0.2) is 25.7 Å². The van der Waals surface area contributed by atoms with Gasteiger partial charge in [-0.25, -0.2) is 0 Å². The van der Waals surface area contributed by atoms with Gasteiger partial charge in [0.15, 0.2) is 0 Å². The monoisotopic (exact) mass is 196 g/mol. The van der Waals surface area contributed by atoms with Gasteiger partial charge in [-0.05, 0) is 50.2 Å². The molecule has 14 heavy (non-hydrogen) atoms. The molecule has 1 aliphatic heterocycles. The Balaban J connectivity index is 1.59. The van der Waals surface area contributed by atoms with Crippen molar-refractivity contribution in [2.24, 2.45) is 17.8 Å². The van der Waals surface area contributed by atoms with Crippen LogP contribution in [0.5, 0.6) is 0 Å². The summed E-state index contributed by atoms with van der Waals surface area (Å²) in [6.07, 6.45) is 4.21. The minimum absolute atomic E-state index is 0.864. The third kappa shape index (κ3) is 2.48. The van der Waals surface area contributed by atoms with Crippen molar-refractivity contribution in [1.82, 2.24) is 10.6 Å². The van der Waals surface area contributed by atoms with Gasteiger partial charge in [0, 0.05) is 6.04 Å². The lowest BCUT2D eigenvalue weighted by Crippen LogP contribution is -2.29. The topological polar surface area (TPSA) is 24.1 Å². The molecule has 1 heterocycles. The van der Waals surface area contributed by atoms with Crippen molar-refractivity contribution < 1.29 is 0 Å². The summed E-state index contributed by atoms with van der Waals surface area (Å²) >= 11 is 0. The summed E-state index contributed by atoms with van der Waals surface area (Å²) in [5, 5.41) is 7.19. The van der Waals surface area contributed by atoms with Crippen molar-refractivity contribution in [3.05, 3.63) is 0 Å². The predicted octanol–water partition coefficient (Wildman–Crippen LogP) is 1.62. The lowest BCUT2D eigenvalue weighted by atomic mass is 9.98. The van der Waals surface area contributed by atoms with Gasteiger partial charge in [-0.3, -0.25) is 0 Å². The average molecular weight is 196 g/mol. The molecule has 0 radical (unpaired) electrons. The van der Waals surface area contributed by atoms with Crippen LogP contribution in [0.2, 0.25) is 0 Å². The van der Waals surface area contributed by atoms with Crippen LogP contribution in [0.15, 0.2) is 0 Å². The van der Waals surface area contributed by atoms with Crippen molar-refractivity contribution in [3.63, 3.8) is 0 Å². The summed E-state index contributed by atoms with van der Waals surface area (Å²) in [6.45, 7) is 8.33. The third-order valence-corrected chi connectivity index (χ3v) is 3.90. The Morgan fingerprint density at radius 2 is 2.14 bits per heavy atom. The lowest BCUT2D eigenvalue weighted by molar-refractivity contribution is 0.413. The first kappa shape index (κ1) is 10.4. The molecule has 82 valence electrons. The van der Waals surface area contributed by atoms with Crippen molar-refractivity contribution >= 4 is 0 Å². The van der Waals surface area contributed by atoms with Crippen LogP contribution in [-0.2, 0) is 0 Å². The highest BCUT2D eigenvalue weighted by Gasteiger charge is 2.36. The predicted molar refractivity (Wildman–Crippen MR) is 60.3 cm³/mol. The van der Waals surface area contributed by atoms with E-state index in [9.17, 15) is 0 Å². The van der Waals surface area contributed by atoms with E-state index in [4.69, 9.17) is 0 Å². The van der Waals surface area contributed by atoms with Crippen LogP contribution in [0.3, 0.4) is 0 Å². The molecule has 0 amide bonds. The molecule has 2 nitrogen and oxygen atoms in total. The fraction of sp³-hybridized carbons (Fsp3) is 1.00. The van der Waals surface area contributed by atoms with E-state index in [-0.39, 0.29) is 0 Å². The number of hydrogen-bond acceptors (Lipinski definition) is 2. The Kier molecular flexibility index (Phi) is 3.45. The van der Waals surface area contributed by atoms with Gasteiger partial charge in [-0.15, -0.1) is 0 Å². The Morgan fingerprint density at radius 1 is 1.29 bits per heavy atom. The molecule has 2 aliphatic rings. The maximum Gasteiger partial charge on any atom is 0.00992 e. The summed E-state index contributed by atoms with van der Waals surface area (Å²) in [4.78, 5) is 0. The van der Waals surface area contributed by atoms with Crippen molar-refractivity contribution in [3.8, 4) is 0 Å². The molecule has 0 spiro atoms. The summed E-state index contributed by atoms with van der Waals surface area (Å²) in [5.74, 6) is 2.74. The maximum absolute atomic E-state index is 3.72. The molecule has 2 N–H and O–H groups in total. The standard InChI is InChI=1S/C12H24N2/c1-3-4-10-5-12(10)14-8-11-7-13-6-9(11)2/h9-14H,3-8H2,1-2H3/t9-,10?,11+,12?/m1/s1. The molecule has 0 aromatic carbocycles. The molecule has 1 aliphatic carbocycles. The van der Waals surface area contributed by atoms with Crippen LogP contribution in [0.1, 0.15) is 33.1 Å². The molecule has 1 saturated heterocycles. The smallest absolute Gasteiger partial charge is 0.00992 e. The third-order valence-electron chi connectivity index (χ3n) is 3.90. The molecular formula is C12H24N2. The molecule has 2 heteroatoms. The van der Waals surface area contributed by atoms with E-state index >= 15 is 0 Å². The van der Waals surface area contributed by atoms with Gasteiger partial charge in [0.25, 0.3) is 0 Å². The summed E-state index contributed by atoms with van der Waals surface area (Å²) in [7, 11) is 0. The molecule has 2 fully saturated rings. The van der Waals surface area contributed by atoms with E-state index in [2.05, 4.69) is 24.5 Å². The number of rotatable bonds is 5. The van der Waals surface area contributed by atoms with Gasteiger partial charge >= 0.3 is 0 Å². The Labute approximate surface area is 87.8 Å². The van der Waals surface area contributed by atoms with Crippen LogP contribution >= 0.6 is 0 Å². The highest BCUT2D eigenvalue weighted by atomic mass is 15.0.